The molecule has 2 aromatic heterocycles. The maximum Gasteiger partial charge on any atom is 0.324 e. The van der Waals surface area contributed by atoms with Gasteiger partial charge in [-0.05, 0) is 55.2 Å². The molecule has 3 heterocycles. The second-order valence-electron chi connectivity index (χ2n) is 9.77. The SMILES string of the molecule is CNc1cc(F)cc2c1Cc1nc(Oc3ccc(C)nc3)nc(N3C[C@H](NCCO)C4(CC4)C3)c1-2. The number of aliphatic hydroxyl groups is 1. The molecule has 1 saturated heterocycles. The molecule has 1 spiro atoms. The van der Waals surface area contributed by atoms with Crippen molar-refractivity contribution in [2.24, 2.45) is 5.41 Å². The van der Waals surface area contributed by atoms with E-state index in [0.29, 0.717) is 18.7 Å². The highest BCUT2D eigenvalue weighted by Gasteiger charge is 2.55. The Balaban J connectivity index is 1.43. The quantitative estimate of drug-likeness (QED) is 0.374. The van der Waals surface area contributed by atoms with E-state index in [1.807, 2.05) is 19.1 Å². The van der Waals surface area contributed by atoms with Gasteiger partial charge in [0.2, 0.25) is 0 Å². The standard InChI is InChI=1S/C26H29FN6O2/c1-15-3-4-17(12-30-15)35-25-31-21-11-18-19(9-16(27)10-20(18)28-2)23(21)24(32-25)33-13-22(29-7-8-34)26(14-33)5-6-26/h3-4,9-10,12,22,28-29,34H,5-8,11,13-14H2,1-2H3/t22-/m0/s1. The molecule has 1 aromatic carbocycles. The molecule has 35 heavy (non-hydrogen) atoms. The van der Waals surface area contributed by atoms with Crippen LogP contribution >= 0.6 is 0 Å². The maximum absolute atomic E-state index is 14.6. The maximum atomic E-state index is 14.6. The van der Waals surface area contributed by atoms with Crippen molar-refractivity contribution in [1.82, 2.24) is 20.3 Å². The Bertz CT molecular complexity index is 1280. The summed E-state index contributed by atoms with van der Waals surface area (Å²) in [6.45, 7) is 4.22. The number of ether oxygens (including phenoxy) is 1. The third-order valence-electron chi connectivity index (χ3n) is 7.48. The van der Waals surface area contributed by atoms with Crippen molar-refractivity contribution < 1.29 is 14.2 Å². The molecule has 3 aliphatic rings. The van der Waals surface area contributed by atoms with Crippen molar-refractivity contribution in [2.45, 2.75) is 32.2 Å². The number of anilines is 2. The van der Waals surface area contributed by atoms with Gasteiger partial charge in [-0.25, -0.2) is 4.39 Å². The summed E-state index contributed by atoms with van der Waals surface area (Å²) in [5.74, 6) is 1.05. The van der Waals surface area contributed by atoms with E-state index in [2.05, 4.69) is 20.5 Å². The molecule has 2 aliphatic carbocycles. The minimum atomic E-state index is -0.291. The molecule has 0 radical (unpaired) electrons. The monoisotopic (exact) mass is 476 g/mol. The van der Waals surface area contributed by atoms with Crippen LogP contribution in [0.25, 0.3) is 11.1 Å². The van der Waals surface area contributed by atoms with E-state index in [-0.39, 0.29) is 29.9 Å². The number of halogens is 1. The van der Waals surface area contributed by atoms with E-state index < -0.39 is 0 Å². The lowest BCUT2D eigenvalue weighted by atomic mass is 10.0. The van der Waals surface area contributed by atoms with Crippen LogP contribution < -0.4 is 20.3 Å². The van der Waals surface area contributed by atoms with Gasteiger partial charge in [-0.3, -0.25) is 4.98 Å². The predicted octanol–water partition coefficient (Wildman–Crippen LogP) is 3.28. The Labute approximate surface area is 203 Å². The molecule has 0 bridgehead atoms. The zero-order chi connectivity index (χ0) is 24.2. The number of fused-ring (bicyclic) bond motifs is 3. The van der Waals surface area contributed by atoms with Gasteiger partial charge in [0.05, 0.1) is 18.5 Å². The first kappa shape index (κ1) is 22.2. The van der Waals surface area contributed by atoms with Gasteiger partial charge in [-0.15, -0.1) is 0 Å². The predicted molar refractivity (Wildman–Crippen MR) is 132 cm³/mol. The molecule has 0 unspecified atom stereocenters. The average molecular weight is 477 g/mol. The Morgan fingerprint density at radius 3 is 2.83 bits per heavy atom. The lowest BCUT2D eigenvalue weighted by Gasteiger charge is -2.22. The molecule has 1 atom stereocenters. The molecule has 9 heteroatoms. The lowest BCUT2D eigenvalue weighted by Crippen LogP contribution is -2.39. The molecule has 0 amide bonds. The van der Waals surface area contributed by atoms with Gasteiger partial charge in [0, 0.05) is 61.5 Å². The van der Waals surface area contributed by atoms with Crippen LogP contribution in [0.1, 0.15) is 29.8 Å². The third kappa shape index (κ3) is 3.88. The first-order valence-electron chi connectivity index (χ1n) is 12.1. The van der Waals surface area contributed by atoms with Crippen LogP contribution in [0, 0.1) is 18.2 Å². The number of aryl methyl sites for hydroxylation is 1. The number of aliphatic hydroxyl groups excluding tert-OH is 1. The van der Waals surface area contributed by atoms with Crippen molar-refractivity contribution in [3.8, 4) is 22.9 Å². The van der Waals surface area contributed by atoms with Crippen molar-refractivity contribution in [3.63, 3.8) is 0 Å². The van der Waals surface area contributed by atoms with E-state index >= 15 is 0 Å². The van der Waals surface area contributed by atoms with Crippen molar-refractivity contribution in [2.75, 3.05) is 43.5 Å². The number of rotatable bonds is 7. The Morgan fingerprint density at radius 2 is 2.11 bits per heavy atom. The van der Waals surface area contributed by atoms with E-state index in [1.54, 1.807) is 19.3 Å². The van der Waals surface area contributed by atoms with Crippen LogP contribution in [-0.4, -0.2) is 59.4 Å². The summed E-state index contributed by atoms with van der Waals surface area (Å²) >= 11 is 0. The molecule has 3 N–H and O–H groups in total. The minimum Gasteiger partial charge on any atom is -0.423 e. The number of benzene rings is 1. The molecule has 2 fully saturated rings. The summed E-state index contributed by atoms with van der Waals surface area (Å²) in [4.78, 5) is 16.2. The van der Waals surface area contributed by atoms with Crippen LogP contribution in [0.2, 0.25) is 0 Å². The first-order chi connectivity index (χ1) is 17.0. The van der Waals surface area contributed by atoms with Gasteiger partial charge in [0.15, 0.2) is 0 Å². The fourth-order valence-corrected chi connectivity index (χ4v) is 5.53. The third-order valence-corrected chi connectivity index (χ3v) is 7.48. The topological polar surface area (TPSA) is 95.4 Å². The van der Waals surface area contributed by atoms with Crippen LogP contribution in [0.15, 0.2) is 30.5 Å². The Kier molecular flexibility index (Phi) is 5.34. The normalized spacial score (nSPS) is 19.1. The van der Waals surface area contributed by atoms with E-state index in [4.69, 9.17) is 14.7 Å². The summed E-state index contributed by atoms with van der Waals surface area (Å²) in [6.07, 6.45) is 4.53. The lowest BCUT2D eigenvalue weighted by molar-refractivity contribution is 0.275. The average Bonchev–Trinajstić information content (AvgIpc) is 3.40. The molecule has 182 valence electrons. The second kappa shape index (κ2) is 8.42. The summed E-state index contributed by atoms with van der Waals surface area (Å²) in [7, 11) is 1.80. The summed E-state index contributed by atoms with van der Waals surface area (Å²) in [5, 5.41) is 16.0. The van der Waals surface area contributed by atoms with E-state index in [0.717, 1.165) is 65.5 Å². The number of aromatic nitrogens is 3. The van der Waals surface area contributed by atoms with Gasteiger partial charge in [-0.1, -0.05) is 0 Å². The highest BCUT2D eigenvalue weighted by molar-refractivity contribution is 5.88. The number of hydrogen-bond donors (Lipinski definition) is 3. The second-order valence-corrected chi connectivity index (χ2v) is 9.77. The van der Waals surface area contributed by atoms with Crippen LogP contribution in [-0.2, 0) is 6.42 Å². The molecule has 1 saturated carbocycles. The number of nitrogens with one attached hydrogen (secondary N) is 2. The summed E-state index contributed by atoms with van der Waals surface area (Å²) in [6, 6.07) is 7.38. The van der Waals surface area contributed by atoms with E-state index in [9.17, 15) is 9.50 Å². The fourth-order valence-electron chi connectivity index (χ4n) is 5.53. The highest BCUT2D eigenvalue weighted by atomic mass is 19.1. The molecule has 3 aromatic rings. The smallest absolute Gasteiger partial charge is 0.324 e. The van der Waals surface area contributed by atoms with Gasteiger partial charge in [0.1, 0.15) is 17.4 Å². The van der Waals surface area contributed by atoms with Crippen LogP contribution in [0.5, 0.6) is 11.8 Å². The first-order valence-corrected chi connectivity index (χ1v) is 12.1. The summed E-state index contributed by atoms with van der Waals surface area (Å²) < 4.78 is 20.6. The van der Waals surface area contributed by atoms with Gasteiger partial charge in [0.25, 0.3) is 0 Å². The highest BCUT2D eigenvalue weighted by Crippen LogP contribution is 2.55. The van der Waals surface area contributed by atoms with Crippen LogP contribution in [0.3, 0.4) is 0 Å². The minimum absolute atomic E-state index is 0.109. The summed E-state index contributed by atoms with van der Waals surface area (Å²) in [5.41, 5.74) is 5.41. The molecule has 8 nitrogen and oxygen atoms in total. The van der Waals surface area contributed by atoms with Crippen molar-refractivity contribution in [1.29, 1.82) is 0 Å². The largest absolute Gasteiger partial charge is 0.423 e. The number of nitrogens with zero attached hydrogens (tertiary/aromatic N) is 4. The molecular weight excluding hydrogens is 447 g/mol. The van der Waals surface area contributed by atoms with Gasteiger partial charge >= 0.3 is 6.01 Å². The van der Waals surface area contributed by atoms with Crippen molar-refractivity contribution in [3.05, 3.63) is 53.2 Å². The fraction of sp³-hybridized carbons (Fsp3) is 0.423. The number of pyridine rings is 1. The Morgan fingerprint density at radius 1 is 1.26 bits per heavy atom. The zero-order valence-corrected chi connectivity index (χ0v) is 19.9. The van der Waals surface area contributed by atoms with E-state index in [1.165, 1.54) is 6.07 Å². The molecule has 1 aliphatic heterocycles. The molecular formula is C26H29FN6O2. The van der Waals surface area contributed by atoms with Gasteiger partial charge < -0.3 is 25.4 Å². The van der Waals surface area contributed by atoms with Gasteiger partial charge in [-0.2, -0.15) is 9.97 Å². The van der Waals surface area contributed by atoms with Crippen molar-refractivity contribution >= 4 is 11.5 Å². The zero-order valence-electron chi connectivity index (χ0n) is 19.9. The number of hydrogen-bond acceptors (Lipinski definition) is 8. The Hall–Kier alpha value is -3.30. The molecule has 6 rings (SSSR count). The van der Waals surface area contributed by atoms with Crippen LogP contribution in [0.4, 0.5) is 15.9 Å².